The van der Waals surface area contributed by atoms with Crippen LogP contribution in [0.15, 0.2) is 0 Å². The summed E-state index contributed by atoms with van der Waals surface area (Å²) in [7, 11) is 0. The maximum absolute atomic E-state index is 10.4. The van der Waals surface area contributed by atoms with Crippen molar-refractivity contribution in [3.63, 3.8) is 0 Å². The second-order valence-electron chi connectivity index (χ2n) is 3.55. The summed E-state index contributed by atoms with van der Waals surface area (Å²) in [5, 5.41) is 18.0. The predicted molar refractivity (Wildman–Crippen MR) is 46.4 cm³/mol. The van der Waals surface area contributed by atoms with E-state index in [1.54, 1.807) is 0 Å². The highest BCUT2D eigenvalue weighted by Gasteiger charge is 2.30. The van der Waals surface area contributed by atoms with Gasteiger partial charge < -0.3 is 14.9 Å². The van der Waals surface area contributed by atoms with E-state index in [0.29, 0.717) is 19.4 Å². The Morgan fingerprint density at radius 2 is 2.38 bits per heavy atom. The molecular formula is C9H16O4. The smallest absolute Gasteiger partial charge is 0.303 e. The van der Waals surface area contributed by atoms with E-state index >= 15 is 0 Å². The van der Waals surface area contributed by atoms with Crippen LogP contribution in [0.4, 0.5) is 0 Å². The van der Waals surface area contributed by atoms with Gasteiger partial charge in [0, 0.05) is 0 Å². The topological polar surface area (TPSA) is 66.8 Å². The van der Waals surface area contributed by atoms with E-state index in [2.05, 4.69) is 0 Å². The molecule has 1 aliphatic heterocycles. The van der Waals surface area contributed by atoms with E-state index in [9.17, 15) is 9.90 Å². The van der Waals surface area contributed by atoms with Gasteiger partial charge in [0.15, 0.2) is 0 Å². The minimum Gasteiger partial charge on any atom is -0.481 e. The minimum absolute atomic E-state index is 0.0729. The van der Waals surface area contributed by atoms with Crippen LogP contribution in [-0.2, 0) is 9.53 Å². The molecule has 0 radical (unpaired) electrons. The van der Waals surface area contributed by atoms with Gasteiger partial charge in [-0.05, 0) is 18.8 Å². The fourth-order valence-corrected chi connectivity index (χ4v) is 1.64. The fourth-order valence-electron chi connectivity index (χ4n) is 1.64. The van der Waals surface area contributed by atoms with Crippen molar-refractivity contribution in [2.24, 2.45) is 5.92 Å². The highest BCUT2D eigenvalue weighted by molar-refractivity contribution is 5.67. The summed E-state index contributed by atoms with van der Waals surface area (Å²) in [4.78, 5) is 10.4. The van der Waals surface area contributed by atoms with Crippen LogP contribution in [0.5, 0.6) is 0 Å². The quantitative estimate of drug-likeness (QED) is 0.679. The Labute approximate surface area is 77.5 Å². The van der Waals surface area contributed by atoms with Gasteiger partial charge in [0.1, 0.15) is 0 Å². The molecule has 0 unspecified atom stereocenters. The lowest BCUT2D eigenvalue weighted by Gasteiger charge is -2.14. The van der Waals surface area contributed by atoms with Crippen molar-refractivity contribution in [1.82, 2.24) is 0 Å². The Morgan fingerprint density at radius 1 is 1.69 bits per heavy atom. The van der Waals surface area contributed by atoms with E-state index < -0.39 is 12.1 Å². The lowest BCUT2D eigenvalue weighted by atomic mass is 9.99. The summed E-state index contributed by atoms with van der Waals surface area (Å²) in [6.45, 7) is 2.35. The van der Waals surface area contributed by atoms with Gasteiger partial charge in [-0.1, -0.05) is 6.92 Å². The number of ether oxygens (including phenoxy) is 1. The number of aliphatic hydroxyl groups is 1. The molecule has 0 bridgehead atoms. The number of rotatable bonds is 4. The third kappa shape index (κ3) is 2.97. The van der Waals surface area contributed by atoms with Crippen LogP contribution in [0.2, 0.25) is 0 Å². The molecule has 0 aromatic carbocycles. The van der Waals surface area contributed by atoms with E-state index in [1.165, 1.54) is 0 Å². The molecule has 0 aromatic heterocycles. The Morgan fingerprint density at radius 3 is 2.92 bits per heavy atom. The summed E-state index contributed by atoms with van der Waals surface area (Å²) in [6.07, 6.45) is 0.867. The van der Waals surface area contributed by atoms with Crippen LogP contribution in [0, 0.1) is 5.92 Å². The third-order valence-electron chi connectivity index (χ3n) is 2.42. The molecular weight excluding hydrogens is 172 g/mol. The second-order valence-corrected chi connectivity index (χ2v) is 3.55. The zero-order valence-electron chi connectivity index (χ0n) is 7.77. The van der Waals surface area contributed by atoms with Gasteiger partial charge in [0.2, 0.25) is 0 Å². The van der Waals surface area contributed by atoms with Gasteiger partial charge in [-0.25, -0.2) is 0 Å². The van der Waals surface area contributed by atoms with E-state index in [1.807, 2.05) is 6.92 Å². The van der Waals surface area contributed by atoms with Crippen molar-refractivity contribution in [3.8, 4) is 0 Å². The molecule has 4 nitrogen and oxygen atoms in total. The molecule has 3 atom stereocenters. The third-order valence-corrected chi connectivity index (χ3v) is 2.42. The predicted octanol–water partition coefficient (Wildman–Crippen LogP) is 0.637. The fraction of sp³-hybridized carbons (Fsp3) is 0.889. The van der Waals surface area contributed by atoms with Gasteiger partial charge in [-0.3, -0.25) is 4.79 Å². The molecule has 13 heavy (non-hydrogen) atoms. The lowest BCUT2D eigenvalue weighted by molar-refractivity contribution is -0.138. The standard InChI is InChI=1S/C9H16O4/c1-2-7(10)8-3-6(5-13-8)4-9(11)12/h6-8,10H,2-5H2,1H3,(H,11,12)/t6-,7-,8-/m1/s1. The molecule has 0 aromatic rings. The Hall–Kier alpha value is -0.610. The van der Waals surface area contributed by atoms with Gasteiger partial charge in [0.25, 0.3) is 0 Å². The van der Waals surface area contributed by atoms with Gasteiger partial charge in [0.05, 0.1) is 25.2 Å². The Bertz CT molecular complexity index is 180. The van der Waals surface area contributed by atoms with Crippen molar-refractivity contribution in [3.05, 3.63) is 0 Å². The molecule has 1 aliphatic rings. The van der Waals surface area contributed by atoms with E-state index in [0.717, 1.165) is 0 Å². The van der Waals surface area contributed by atoms with Crippen molar-refractivity contribution in [2.45, 2.75) is 38.4 Å². The van der Waals surface area contributed by atoms with Crippen molar-refractivity contribution >= 4 is 5.97 Å². The summed E-state index contributed by atoms with van der Waals surface area (Å²) < 4.78 is 5.31. The van der Waals surface area contributed by atoms with Gasteiger partial charge in [-0.2, -0.15) is 0 Å². The Kier molecular flexibility index (Phi) is 3.69. The summed E-state index contributed by atoms with van der Waals surface area (Å²) in [5.74, 6) is -0.719. The van der Waals surface area contributed by atoms with Gasteiger partial charge >= 0.3 is 5.97 Å². The largest absolute Gasteiger partial charge is 0.481 e. The molecule has 0 aliphatic carbocycles. The second kappa shape index (κ2) is 4.58. The van der Waals surface area contributed by atoms with Crippen LogP contribution in [0.3, 0.4) is 0 Å². The molecule has 2 N–H and O–H groups in total. The number of carboxylic acids is 1. The highest BCUT2D eigenvalue weighted by atomic mass is 16.5. The van der Waals surface area contributed by atoms with Crippen LogP contribution < -0.4 is 0 Å². The summed E-state index contributed by atoms with van der Waals surface area (Å²) >= 11 is 0. The van der Waals surface area contributed by atoms with Crippen LogP contribution in [0.1, 0.15) is 26.2 Å². The van der Waals surface area contributed by atoms with E-state index in [-0.39, 0.29) is 18.4 Å². The average molecular weight is 188 g/mol. The molecule has 4 heteroatoms. The number of carboxylic acid groups (broad SMARTS) is 1. The molecule has 1 heterocycles. The van der Waals surface area contributed by atoms with Crippen LogP contribution >= 0.6 is 0 Å². The lowest BCUT2D eigenvalue weighted by Crippen LogP contribution is -2.24. The first-order chi connectivity index (χ1) is 6.13. The van der Waals surface area contributed by atoms with Crippen molar-refractivity contribution in [2.75, 3.05) is 6.61 Å². The number of carbonyl (C=O) groups is 1. The number of aliphatic hydroxyl groups excluding tert-OH is 1. The van der Waals surface area contributed by atoms with Crippen molar-refractivity contribution in [1.29, 1.82) is 0 Å². The molecule has 1 rings (SSSR count). The number of aliphatic carboxylic acids is 1. The van der Waals surface area contributed by atoms with Crippen molar-refractivity contribution < 1.29 is 19.7 Å². The SMILES string of the molecule is CC[C@@H](O)[C@H]1C[C@H](CC(=O)O)CO1. The van der Waals surface area contributed by atoms with Crippen LogP contribution in [0.25, 0.3) is 0 Å². The van der Waals surface area contributed by atoms with E-state index in [4.69, 9.17) is 9.84 Å². The Balaban J connectivity index is 2.31. The maximum atomic E-state index is 10.4. The minimum atomic E-state index is -0.791. The first-order valence-corrected chi connectivity index (χ1v) is 4.65. The molecule has 76 valence electrons. The molecule has 1 fully saturated rings. The van der Waals surface area contributed by atoms with Crippen LogP contribution in [-0.4, -0.2) is 35.0 Å². The average Bonchev–Trinajstić information content (AvgIpc) is 2.50. The number of hydrogen-bond donors (Lipinski definition) is 2. The molecule has 0 amide bonds. The highest BCUT2D eigenvalue weighted by Crippen LogP contribution is 2.25. The first-order valence-electron chi connectivity index (χ1n) is 4.65. The zero-order chi connectivity index (χ0) is 9.84. The summed E-state index contributed by atoms with van der Waals surface area (Å²) in [6, 6.07) is 0. The number of hydrogen-bond acceptors (Lipinski definition) is 3. The monoisotopic (exact) mass is 188 g/mol. The van der Waals surface area contributed by atoms with Gasteiger partial charge in [-0.15, -0.1) is 0 Å². The molecule has 0 saturated carbocycles. The summed E-state index contributed by atoms with van der Waals surface area (Å²) in [5.41, 5.74) is 0. The maximum Gasteiger partial charge on any atom is 0.303 e. The zero-order valence-corrected chi connectivity index (χ0v) is 7.77. The normalized spacial score (nSPS) is 30.3. The molecule has 1 saturated heterocycles. The molecule has 0 spiro atoms. The first kappa shape index (κ1) is 10.5.